The number of aliphatic carboxylic acids is 4. The lowest BCUT2D eigenvalue weighted by molar-refractivity contribution is -0.138. The molecule has 0 atom stereocenters. The van der Waals surface area contributed by atoms with Gasteiger partial charge >= 0.3 is 23.9 Å². The number of carboxylic acids is 4. The Balaban J connectivity index is 1.73. The largest absolute Gasteiger partial charge is 0.481 e. The Morgan fingerprint density at radius 1 is 0.435 bits per heavy atom. The summed E-state index contributed by atoms with van der Waals surface area (Å²) in [6, 6.07) is 0. The van der Waals surface area contributed by atoms with Crippen molar-refractivity contribution in [3.05, 3.63) is 90.1 Å². The van der Waals surface area contributed by atoms with Gasteiger partial charge in [0.2, 0.25) is 0 Å². The molecule has 0 saturated carbocycles. The summed E-state index contributed by atoms with van der Waals surface area (Å²) in [5.74, 6) is -3.76. The van der Waals surface area contributed by atoms with Gasteiger partial charge in [0.25, 0.3) is 0 Å². The minimum atomic E-state index is -0.980. The molecule has 0 aliphatic carbocycles. The van der Waals surface area contributed by atoms with E-state index in [4.69, 9.17) is 0 Å². The van der Waals surface area contributed by atoms with E-state index in [1.165, 1.54) is 0 Å². The van der Waals surface area contributed by atoms with Gasteiger partial charge in [0.15, 0.2) is 0 Å². The lowest BCUT2D eigenvalue weighted by Crippen LogP contribution is -2.07. The fraction of sp³-hybridized carbons (Fsp3) is 0.412. The molecule has 8 bridgehead atoms. The van der Waals surface area contributed by atoms with Crippen LogP contribution in [0.4, 0.5) is 0 Å². The van der Waals surface area contributed by atoms with Gasteiger partial charge in [-0.15, -0.1) is 0 Å². The molecule has 244 valence electrons. The summed E-state index contributed by atoms with van der Waals surface area (Å²) in [6.07, 6.45) is 1.68. The van der Waals surface area contributed by atoms with Gasteiger partial charge in [0.05, 0.1) is 12.8 Å². The molecule has 4 aromatic rings. The van der Waals surface area contributed by atoms with E-state index < -0.39 is 23.9 Å². The minimum absolute atomic E-state index is 0.0364. The Hall–Kier alpha value is -5.00. The zero-order chi connectivity index (χ0) is 33.4. The second-order valence-corrected chi connectivity index (χ2v) is 12.4. The average molecular weight is 633 g/mol. The number of rotatable bonds is 10. The van der Waals surface area contributed by atoms with Crippen molar-refractivity contribution >= 4 is 23.9 Å². The first-order valence-corrected chi connectivity index (χ1v) is 15.4. The van der Waals surface area contributed by atoms with Crippen LogP contribution in [0.25, 0.3) is 0 Å². The predicted octanol–water partition coefficient (Wildman–Crippen LogP) is 4.20. The standard InChI is InChI=1S/C34H40N4O8/c1-15-19(5-7-31(39)40)27-12-25-16(2)20(6-8-32(41)42)28(36-25)13-26-18(4)22(10-34(45)46)30(38-26)14-29-21(9-33(43)44)17(3)24(37-29)11-23(15)35-27/h35-38H,5-14H2,1-4H3,(H,39,40)(H,41,42)(H,43,44)(H,45,46). The number of aromatic nitrogens is 4. The van der Waals surface area contributed by atoms with Crippen molar-refractivity contribution < 1.29 is 39.6 Å². The van der Waals surface area contributed by atoms with E-state index in [1.54, 1.807) is 0 Å². The van der Waals surface area contributed by atoms with Gasteiger partial charge in [-0.1, -0.05) is 0 Å². The number of hydrogen-bond donors (Lipinski definition) is 8. The van der Waals surface area contributed by atoms with Crippen LogP contribution in [0.1, 0.15) is 103 Å². The first-order valence-electron chi connectivity index (χ1n) is 15.4. The summed E-state index contributed by atoms with van der Waals surface area (Å²) in [4.78, 5) is 61.1. The topological polar surface area (TPSA) is 212 Å². The smallest absolute Gasteiger partial charge is 0.307 e. The maximum atomic E-state index is 12.0. The maximum absolute atomic E-state index is 12.0. The lowest BCUT2D eigenvalue weighted by Gasteiger charge is -2.06. The van der Waals surface area contributed by atoms with Crippen molar-refractivity contribution in [3.63, 3.8) is 0 Å². The van der Waals surface area contributed by atoms with Gasteiger partial charge in [-0.3, -0.25) is 19.2 Å². The number of carbonyl (C=O) groups is 4. The van der Waals surface area contributed by atoms with E-state index in [0.29, 0.717) is 54.6 Å². The van der Waals surface area contributed by atoms with Crippen LogP contribution in [-0.2, 0) is 70.5 Å². The molecule has 12 nitrogen and oxygen atoms in total. The molecule has 46 heavy (non-hydrogen) atoms. The van der Waals surface area contributed by atoms with E-state index in [1.807, 2.05) is 27.7 Å². The quantitative estimate of drug-likeness (QED) is 0.111. The molecule has 0 amide bonds. The van der Waals surface area contributed by atoms with Crippen LogP contribution < -0.4 is 0 Å². The highest BCUT2D eigenvalue weighted by atomic mass is 16.4. The molecule has 8 N–H and O–H groups in total. The van der Waals surface area contributed by atoms with Gasteiger partial charge in [0, 0.05) is 84.1 Å². The lowest BCUT2D eigenvalue weighted by atomic mass is 9.97. The van der Waals surface area contributed by atoms with Crippen LogP contribution in [-0.4, -0.2) is 64.2 Å². The summed E-state index contributed by atoms with van der Waals surface area (Å²) >= 11 is 0. The fourth-order valence-electron chi connectivity index (χ4n) is 6.98. The molecule has 5 heterocycles. The molecular weight excluding hydrogens is 592 g/mol. The Kier molecular flexibility index (Phi) is 9.00. The van der Waals surface area contributed by atoms with E-state index >= 15 is 0 Å². The molecule has 0 unspecified atom stereocenters. The first-order chi connectivity index (χ1) is 21.7. The average Bonchev–Trinajstić information content (AvgIpc) is 3.61. The Labute approximate surface area is 265 Å². The number of H-pyrrole nitrogens is 4. The summed E-state index contributed by atoms with van der Waals surface area (Å²) in [5, 5.41) is 38.5. The SMILES string of the molecule is Cc1c2[nH]c(c1CCC(=O)O)Cc1[nH]c(c(CCC(=O)O)c1C)Cc1[nH]c(c(CC(=O)O)c1C)Cc1[nH]c(c(C)c1CC(=O)O)C2. The molecule has 1 aliphatic heterocycles. The van der Waals surface area contributed by atoms with Crippen LogP contribution in [0, 0.1) is 27.7 Å². The third kappa shape index (κ3) is 6.51. The van der Waals surface area contributed by atoms with Gasteiger partial charge < -0.3 is 40.4 Å². The number of aromatic amines is 4. The third-order valence-electron chi connectivity index (χ3n) is 9.53. The summed E-state index contributed by atoms with van der Waals surface area (Å²) < 4.78 is 0. The molecular formula is C34H40N4O8. The van der Waals surface area contributed by atoms with E-state index in [2.05, 4.69) is 19.9 Å². The zero-order valence-corrected chi connectivity index (χ0v) is 26.5. The van der Waals surface area contributed by atoms with Crippen LogP contribution >= 0.6 is 0 Å². The minimum Gasteiger partial charge on any atom is -0.481 e. The second-order valence-electron chi connectivity index (χ2n) is 12.4. The Morgan fingerprint density at radius 2 is 0.696 bits per heavy atom. The van der Waals surface area contributed by atoms with Crippen LogP contribution in [0.2, 0.25) is 0 Å². The predicted molar refractivity (Wildman–Crippen MR) is 168 cm³/mol. The maximum Gasteiger partial charge on any atom is 0.307 e. The molecule has 0 radical (unpaired) electrons. The summed E-state index contributed by atoms with van der Waals surface area (Å²) in [5.41, 5.74) is 13.1. The molecule has 0 spiro atoms. The van der Waals surface area contributed by atoms with Gasteiger partial charge in [-0.05, 0) is 85.0 Å². The first kappa shape index (κ1) is 32.4. The molecule has 1 aliphatic rings. The molecule has 12 heteroatoms. The summed E-state index contributed by atoms with van der Waals surface area (Å²) in [7, 11) is 0. The highest BCUT2D eigenvalue weighted by Gasteiger charge is 2.26. The highest BCUT2D eigenvalue weighted by molar-refractivity contribution is 5.73. The molecule has 0 saturated heterocycles. The van der Waals surface area contributed by atoms with Crippen molar-refractivity contribution in [1.29, 1.82) is 0 Å². The van der Waals surface area contributed by atoms with Crippen molar-refractivity contribution in [2.75, 3.05) is 0 Å². The Bertz CT molecular complexity index is 1870. The number of carboxylic acid groups (broad SMARTS) is 4. The van der Waals surface area contributed by atoms with E-state index in [-0.39, 0.29) is 32.1 Å². The van der Waals surface area contributed by atoms with Crippen molar-refractivity contribution in [2.24, 2.45) is 0 Å². The van der Waals surface area contributed by atoms with Crippen molar-refractivity contribution in [3.8, 4) is 0 Å². The molecule has 0 fully saturated rings. The highest BCUT2D eigenvalue weighted by Crippen LogP contribution is 2.33. The number of hydrogen-bond acceptors (Lipinski definition) is 4. The number of nitrogens with one attached hydrogen (secondary N) is 4. The van der Waals surface area contributed by atoms with Gasteiger partial charge in [-0.2, -0.15) is 0 Å². The van der Waals surface area contributed by atoms with Crippen LogP contribution in [0.15, 0.2) is 0 Å². The van der Waals surface area contributed by atoms with Crippen LogP contribution in [0.5, 0.6) is 0 Å². The molecule has 0 aromatic carbocycles. The Morgan fingerprint density at radius 3 is 1.00 bits per heavy atom. The molecule has 5 rings (SSSR count). The van der Waals surface area contributed by atoms with Gasteiger partial charge in [0.1, 0.15) is 0 Å². The van der Waals surface area contributed by atoms with Crippen molar-refractivity contribution in [1.82, 2.24) is 19.9 Å². The normalized spacial score (nSPS) is 12.8. The third-order valence-corrected chi connectivity index (χ3v) is 9.53. The fourth-order valence-corrected chi connectivity index (χ4v) is 6.98. The van der Waals surface area contributed by atoms with E-state index in [9.17, 15) is 39.6 Å². The van der Waals surface area contributed by atoms with E-state index in [0.717, 1.165) is 67.5 Å². The van der Waals surface area contributed by atoms with Crippen LogP contribution in [0.3, 0.4) is 0 Å². The number of fused-ring (bicyclic) bond motifs is 8. The van der Waals surface area contributed by atoms with Gasteiger partial charge in [-0.25, -0.2) is 0 Å². The summed E-state index contributed by atoms with van der Waals surface area (Å²) in [6.45, 7) is 7.68. The van der Waals surface area contributed by atoms with Crippen molar-refractivity contribution in [2.45, 2.75) is 91.9 Å². The molecule has 4 aromatic heterocycles. The second kappa shape index (κ2) is 12.8. The zero-order valence-electron chi connectivity index (χ0n) is 26.5. The monoisotopic (exact) mass is 632 g/mol.